The lowest BCUT2D eigenvalue weighted by Crippen LogP contribution is -2.36. The number of nitrogens with one attached hydrogen (secondary N) is 2. The second-order valence-electron chi connectivity index (χ2n) is 4.67. The van der Waals surface area contributed by atoms with Crippen LogP contribution >= 0.6 is 0 Å². The van der Waals surface area contributed by atoms with Gasteiger partial charge in [0.25, 0.3) is 0 Å². The van der Waals surface area contributed by atoms with Crippen molar-refractivity contribution in [1.82, 2.24) is 10.3 Å². The minimum absolute atomic E-state index is 0.365. The van der Waals surface area contributed by atoms with Gasteiger partial charge in [-0.2, -0.15) is 0 Å². The molecule has 108 valence electrons. The van der Waals surface area contributed by atoms with E-state index in [-0.39, 0.29) is 0 Å². The molecule has 0 aliphatic carbocycles. The summed E-state index contributed by atoms with van der Waals surface area (Å²) in [4.78, 5) is 27.3. The molecule has 0 fully saturated rings. The number of carbonyl (C=O) groups excluding carboxylic acids is 2. The number of rotatable bonds is 4. The van der Waals surface area contributed by atoms with Crippen LogP contribution in [-0.2, 0) is 16.0 Å². The number of hydrogen-bond acceptors (Lipinski definition) is 3. The lowest BCUT2D eigenvalue weighted by Gasteiger charge is -2.06. The van der Waals surface area contributed by atoms with E-state index in [0.717, 1.165) is 11.1 Å². The summed E-state index contributed by atoms with van der Waals surface area (Å²) in [5.74, 6) is -1.00. The second-order valence-corrected chi connectivity index (χ2v) is 4.67. The molecule has 5 heteroatoms. The van der Waals surface area contributed by atoms with Crippen LogP contribution in [-0.4, -0.2) is 23.3 Å². The Morgan fingerprint density at radius 1 is 1.05 bits per heavy atom. The predicted octanol–water partition coefficient (Wildman–Crippen LogP) is 1.69. The van der Waals surface area contributed by atoms with Gasteiger partial charge in [0.2, 0.25) is 0 Å². The van der Waals surface area contributed by atoms with Crippen molar-refractivity contribution in [2.45, 2.75) is 13.3 Å². The predicted molar refractivity (Wildman–Crippen MR) is 80.8 cm³/mol. The zero-order valence-electron chi connectivity index (χ0n) is 11.8. The molecule has 2 N–H and O–H groups in total. The maximum atomic E-state index is 11.7. The molecule has 0 unspecified atom stereocenters. The zero-order chi connectivity index (χ0) is 15.1. The third-order valence-electron chi connectivity index (χ3n) is 2.90. The summed E-state index contributed by atoms with van der Waals surface area (Å²) < 4.78 is 0. The van der Waals surface area contributed by atoms with Crippen molar-refractivity contribution >= 4 is 17.6 Å². The van der Waals surface area contributed by atoms with Gasteiger partial charge >= 0.3 is 11.8 Å². The van der Waals surface area contributed by atoms with E-state index in [4.69, 9.17) is 0 Å². The normalized spacial score (nSPS) is 9.95. The number of carbonyl (C=O) groups is 2. The third kappa shape index (κ3) is 4.72. The molecule has 2 amide bonds. The van der Waals surface area contributed by atoms with E-state index in [1.54, 1.807) is 12.3 Å². The number of anilines is 1. The fourth-order valence-corrected chi connectivity index (χ4v) is 1.76. The number of aryl methyl sites for hydroxylation is 1. The van der Waals surface area contributed by atoms with Gasteiger partial charge in [0, 0.05) is 12.7 Å². The Morgan fingerprint density at radius 2 is 1.81 bits per heavy atom. The molecule has 0 bridgehead atoms. The number of aromatic nitrogens is 1. The highest BCUT2D eigenvalue weighted by atomic mass is 16.2. The highest BCUT2D eigenvalue weighted by Crippen LogP contribution is 2.03. The highest BCUT2D eigenvalue weighted by molar-refractivity contribution is 6.39. The van der Waals surface area contributed by atoms with Gasteiger partial charge in [-0.25, -0.2) is 4.98 Å². The Morgan fingerprint density at radius 3 is 2.48 bits per heavy atom. The summed E-state index contributed by atoms with van der Waals surface area (Å²) in [6.07, 6.45) is 2.31. The molecule has 5 nitrogen and oxygen atoms in total. The first kappa shape index (κ1) is 14.7. The molecule has 0 atom stereocenters. The van der Waals surface area contributed by atoms with Gasteiger partial charge in [0.05, 0.1) is 0 Å². The van der Waals surface area contributed by atoms with Gasteiger partial charge in [-0.1, -0.05) is 36.4 Å². The van der Waals surface area contributed by atoms with Crippen molar-refractivity contribution in [3.05, 3.63) is 59.8 Å². The first-order chi connectivity index (χ1) is 10.1. The molecule has 0 aliphatic heterocycles. The summed E-state index contributed by atoms with van der Waals surface area (Å²) in [6.45, 7) is 2.31. The number of pyridine rings is 1. The summed E-state index contributed by atoms with van der Waals surface area (Å²) in [7, 11) is 0. The van der Waals surface area contributed by atoms with E-state index in [1.165, 1.54) is 0 Å². The molecular formula is C16H17N3O2. The maximum Gasteiger partial charge on any atom is 0.314 e. The lowest BCUT2D eigenvalue weighted by atomic mass is 10.1. The summed E-state index contributed by atoms with van der Waals surface area (Å²) in [5.41, 5.74) is 2.10. The average molecular weight is 283 g/mol. The quantitative estimate of drug-likeness (QED) is 0.839. The molecule has 1 heterocycles. The van der Waals surface area contributed by atoms with Gasteiger partial charge < -0.3 is 10.6 Å². The molecule has 1 aromatic carbocycles. The minimum Gasteiger partial charge on any atom is -0.347 e. The monoisotopic (exact) mass is 283 g/mol. The molecule has 0 saturated heterocycles. The largest absolute Gasteiger partial charge is 0.347 e. The Labute approximate surface area is 123 Å². The summed E-state index contributed by atoms with van der Waals surface area (Å²) >= 11 is 0. The Kier molecular flexibility index (Phi) is 5.04. The Balaban J connectivity index is 1.77. The molecule has 1 aromatic heterocycles. The van der Waals surface area contributed by atoms with E-state index >= 15 is 0 Å². The maximum absolute atomic E-state index is 11.7. The van der Waals surface area contributed by atoms with Gasteiger partial charge in [0.15, 0.2) is 0 Å². The van der Waals surface area contributed by atoms with E-state index in [1.807, 2.05) is 43.3 Å². The van der Waals surface area contributed by atoms with Gasteiger partial charge in [-0.15, -0.1) is 0 Å². The summed E-state index contributed by atoms with van der Waals surface area (Å²) in [5, 5.41) is 5.04. The van der Waals surface area contributed by atoms with Gasteiger partial charge in [-0.05, 0) is 30.5 Å². The van der Waals surface area contributed by atoms with Crippen molar-refractivity contribution < 1.29 is 9.59 Å². The van der Waals surface area contributed by atoms with Crippen LogP contribution in [0.15, 0.2) is 48.7 Å². The molecule has 2 aromatic rings. The smallest absolute Gasteiger partial charge is 0.314 e. The van der Waals surface area contributed by atoms with Gasteiger partial charge in [0.1, 0.15) is 5.82 Å². The lowest BCUT2D eigenvalue weighted by molar-refractivity contribution is -0.136. The average Bonchev–Trinajstić information content (AvgIpc) is 2.50. The first-order valence-electron chi connectivity index (χ1n) is 6.71. The molecule has 21 heavy (non-hydrogen) atoms. The van der Waals surface area contributed by atoms with Crippen molar-refractivity contribution in [3.63, 3.8) is 0 Å². The highest BCUT2D eigenvalue weighted by Gasteiger charge is 2.13. The van der Waals surface area contributed by atoms with Crippen LogP contribution in [0.1, 0.15) is 11.1 Å². The van der Waals surface area contributed by atoms with Crippen LogP contribution in [0.3, 0.4) is 0 Å². The zero-order valence-corrected chi connectivity index (χ0v) is 11.8. The van der Waals surface area contributed by atoms with Crippen molar-refractivity contribution in [2.24, 2.45) is 0 Å². The third-order valence-corrected chi connectivity index (χ3v) is 2.90. The van der Waals surface area contributed by atoms with Crippen LogP contribution in [0.25, 0.3) is 0 Å². The first-order valence-corrected chi connectivity index (χ1v) is 6.71. The number of amides is 2. The fraction of sp³-hybridized carbons (Fsp3) is 0.188. The van der Waals surface area contributed by atoms with Crippen LogP contribution in [0.5, 0.6) is 0 Å². The molecule has 0 radical (unpaired) electrons. The minimum atomic E-state index is -0.709. The molecule has 0 aliphatic rings. The van der Waals surface area contributed by atoms with Crippen molar-refractivity contribution in [2.75, 3.05) is 11.9 Å². The van der Waals surface area contributed by atoms with Crippen LogP contribution in [0.4, 0.5) is 5.82 Å². The van der Waals surface area contributed by atoms with E-state index < -0.39 is 11.8 Å². The standard InChI is InChI=1S/C16H17N3O2/c1-12-7-8-14(18-11-12)19-16(21)15(20)17-10-9-13-5-3-2-4-6-13/h2-8,11H,9-10H2,1H3,(H,17,20)(H,18,19,21). The van der Waals surface area contributed by atoms with Crippen LogP contribution in [0.2, 0.25) is 0 Å². The topological polar surface area (TPSA) is 71.1 Å². The SMILES string of the molecule is Cc1ccc(NC(=O)C(=O)NCCc2ccccc2)nc1. The second kappa shape index (κ2) is 7.19. The number of nitrogens with zero attached hydrogens (tertiary/aromatic N) is 1. The number of hydrogen-bond donors (Lipinski definition) is 2. The molecule has 0 saturated carbocycles. The van der Waals surface area contributed by atoms with E-state index in [2.05, 4.69) is 15.6 Å². The molecular weight excluding hydrogens is 266 g/mol. The van der Waals surface area contributed by atoms with Gasteiger partial charge in [-0.3, -0.25) is 9.59 Å². The fourth-order valence-electron chi connectivity index (χ4n) is 1.76. The van der Waals surface area contributed by atoms with Crippen LogP contribution in [0, 0.1) is 6.92 Å². The summed E-state index contributed by atoms with van der Waals surface area (Å²) in [6, 6.07) is 13.2. The van der Waals surface area contributed by atoms with Crippen molar-refractivity contribution in [1.29, 1.82) is 0 Å². The molecule has 0 spiro atoms. The van der Waals surface area contributed by atoms with E-state index in [0.29, 0.717) is 18.8 Å². The van der Waals surface area contributed by atoms with E-state index in [9.17, 15) is 9.59 Å². The number of benzene rings is 1. The van der Waals surface area contributed by atoms with Crippen LogP contribution < -0.4 is 10.6 Å². The Bertz CT molecular complexity index is 609. The van der Waals surface area contributed by atoms with Crippen molar-refractivity contribution in [3.8, 4) is 0 Å². The molecule has 2 rings (SSSR count). The Hall–Kier alpha value is -2.69.